The van der Waals surface area contributed by atoms with Crippen molar-refractivity contribution in [3.63, 3.8) is 0 Å². The Kier molecular flexibility index (Phi) is 4.92. The van der Waals surface area contributed by atoms with Crippen LogP contribution in [0, 0.1) is 0 Å². The summed E-state index contributed by atoms with van der Waals surface area (Å²) < 4.78 is 1.82. The van der Waals surface area contributed by atoms with Crippen molar-refractivity contribution >= 4 is 55.1 Å². The van der Waals surface area contributed by atoms with E-state index >= 15 is 0 Å². The Bertz CT molecular complexity index is 323. The molecule has 0 saturated carbocycles. The monoisotopic (exact) mass is 339 g/mol. The lowest BCUT2D eigenvalue weighted by molar-refractivity contribution is -0.115. The van der Waals surface area contributed by atoms with E-state index < -0.39 is 0 Å². The molecule has 1 aromatic rings. The van der Waals surface area contributed by atoms with E-state index in [2.05, 4.69) is 37.2 Å². The summed E-state index contributed by atoms with van der Waals surface area (Å²) in [5, 5.41) is 2.74. The molecule has 0 fully saturated rings. The van der Waals surface area contributed by atoms with E-state index in [1.54, 1.807) is 0 Å². The van der Waals surface area contributed by atoms with Crippen LogP contribution in [0.4, 0.5) is 5.69 Å². The molecule has 1 aromatic carbocycles. The van der Waals surface area contributed by atoms with E-state index in [0.29, 0.717) is 12.3 Å². The van der Waals surface area contributed by atoms with Crippen LogP contribution in [0.2, 0.25) is 0 Å². The SMILES string of the molecule is O=C(CCCl)Nc1cc(Br)cc(Br)c1. The van der Waals surface area contributed by atoms with Gasteiger partial charge in [-0.15, -0.1) is 11.6 Å². The molecule has 0 aliphatic heterocycles. The summed E-state index contributed by atoms with van der Waals surface area (Å²) in [4.78, 5) is 11.2. The largest absolute Gasteiger partial charge is 0.326 e. The van der Waals surface area contributed by atoms with Crippen molar-refractivity contribution < 1.29 is 4.79 Å². The Morgan fingerprint density at radius 2 is 1.86 bits per heavy atom. The first-order chi connectivity index (χ1) is 6.61. The van der Waals surface area contributed by atoms with Crippen LogP contribution in [-0.2, 0) is 4.79 Å². The molecule has 0 unspecified atom stereocenters. The summed E-state index contributed by atoms with van der Waals surface area (Å²) in [5.41, 5.74) is 0.751. The van der Waals surface area contributed by atoms with Gasteiger partial charge in [0.25, 0.3) is 0 Å². The molecule has 76 valence electrons. The Labute approximate surface area is 104 Å². The van der Waals surface area contributed by atoms with Crippen LogP contribution < -0.4 is 5.32 Å². The van der Waals surface area contributed by atoms with E-state index in [4.69, 9.17) is 11.6 Å². The van der Waals surface area contributed by atoms with Gasteiger partial charge in [-0.3, -0.25) is 4.79 Å². The number of halogens is 3. The fourth-order valence-electron chi connectivity index (χ4n) is 0.935. The predicted molar refractivity (Wildman–Crippen MR) is 65.8 cm³/mol. The number of rotatable bonds is 3. The van der Waals surface area contributed by atoms with Gasteiger partial charge in [0, 0.05) is 26.9 Å². The van der Waals surface area contributed by atoms with E-state index in [1.807, 2.05) is 18.2 Å². The molecule has 5 heteroatoms. The van der Waals surface area contributed by atoms with Crippen LogP contribution in [0.25, 0.3) is 0 Å². The normalized spacial score (nSPS) is 9.93. The second kappa shape index (κ2) is 5.73. The average Bonchev–Trinajstić information content (AvgIpc) is 2.01. The first kappa shape index (κ1) is 12.0. The molecule has 1 amide bonds. The zero-order valence-electron chi connectivity index (χ0n) is 7.19. The summed E-state index contributed by atoms with van der Waals surface area (Å²) in [6.07, 6.45) is 0.325. The van der Waals surface area contributed by atoms with Crippen LogP contribution >= 0.6 is 43.5 Å². The number of hydrogen-bond donors (Lipinski definition) is 1. The van der Waals surface area contributed by atoms with Gasteiger partial charge in [-0.2, -0.15) is 0 Å². The van der Waals surface area contributed by atoms with E-state index in [0.717, 1.165) is 14.6 Å². The molecule has 0 radical (unpaired) electrons. The van der Waals surface area contributed by atoms with Crippen LogP contribution in [0.5, 0.6) is 0 Å². The Balaban J connectivity index is 2.71. The molecular weight excluding hydrogens is 333 g/mol. The highest BCUT2D eigenvalue weighted by atomic mass is 79.9. The third kappa shape index (κ3) is 3.98. The van der Waals surface area contributed by atoms with Crippen LogP contribution in [0.3, 0.4) is 0 Å². The molecule has 0 aliphatic rings. The number of nitrogens with one attached hydrogen (secondary N) is 1. The van der Waals surface area contributed by atoms with Gasteiger partial charge in [-0.1, -0.05) is 31.9 Å². The average molecular weight is 341 g/mol. The lowest BCUT2D eigenvalue weighted by Gasteiger charge is -2.05. The third-order valence-corrected chi connectivity index (χ3v) is 2.57. The van der Waals surface area contributed by atoms with Crippen LogP contribution in [0.1, 0.15) is 6.42 Å². The minimum atomic E-state index is -0.0787. The summed E-state index contributed by atoms with van der Waals surface area (Å²) in [6.45, 7) is 0. The number of carbonyl (C=O) groups excluding carboxylic acids is 1. The third-order valence-electron chi connectivity index (χ3n) is 1.47. The summed E-state index contributed by atoms with van der Waals surface area (Å²) >= 11 is 12.1. The van der Waals surface area contributed by atoms with Gasteiger partial charge in [0.1, 0.15) is 0 Å². The van der Waals surface area contributed by atoms with Gasteiger partial charge in [0.2, 0.25) is 5.91 Å². The van der Waals surface area contributed by atoms with Crippen LogP contribution in [-0.4, -0.2) is 11.8 Å². The van der Waals surface area contributed by atoms with Crippen molar-refractivity contribution in [1.82, 2.24) is 0 Å². The summed E-state index contributed by atoms with van der Waals surface area (Å²) in [7, 11) is 0. The Hall–Kier alpha value is -0.0600. The predicted octanol–water partition coefficient (Wildman–Crippen LogP) is 3.78. The highest BCUT2D eigenvalue weighted by Gasteiger charge is 2.02. The number of amides is 1. The van der Waals surface area contributed by atoms with Crippen molar-refractivity contribution in [2.75, 3.05) is 11.2 Å². The second-order valence-corrected chi connectivity index (χ2v) is 4.85. The topological polar surface area (TPSA) is 29.1 Å². The van der Waals surface area contributed by atoms with Crippen molar-refractivity contribution in [3.05, 3.63) is 27.1 Å². The van der Waals surface area contributed by atoms with Gasteiger partial charge in [-0.05, 0) is 18.2 Å². The zero-order valence-corrected chi connectivity index (χ0v) is 11.1. The van der Waals surface area contributed by atoms with Crippen molar-refractivity contribution in [1.29, 1.82) is 0 Å². The number of carbonyl (C=O) groups is 1. The van der Waals surface area contributed by atoms with E-state index in [-0.39, 0.29) is 5.91 Å². The Morgan fingerprint density at radius 1 is 1.29 bits per heavy atom. The minimum absolute atomic E-state index is 0.0787. The molecule has 0 spiro atoms. The molecule has 0 saturated heterocycles. The van der Waals surface area contributed by atoms with Gasteiger partial charge in [0.15, 0.2) is 0 Å². The number of benzene rings is 1. The molecular formula is C9H8Br2ClNO. The highest BCUT2D eigenvalue weighted by Crippen LogP contribution is 2.23. The fraction of sp³-hybridized carbons (Fsp3) is 0.222. The maximum absolute atomic E-state index is 11.2. The molecule has 0 aromatic heterocycles. The number of anilines is 1. The lowest BCUT2D eigenvalue weighted by Crippen LogP contribution is -2.11. The Morgan fingerprint density at radius 3 is 2.36 bits per heavy atom. The summed E-state index contributed by atoms with van der Waals surface area (Å²) in [6, 6.07) is 5.56. The second-order valence-electron chi connectivity index (χ2n) is 2.65. The first-order valence-corrected chi connectivity index (χ1v) is 6.06. The molecule has 0 atom stereocenters. The molecule has 0 heterocycles. The minimum Gasteiger partial charge on any atom is -0.326 e. The van der Waals surface area contributed by atoms with Gasteiger partial charge < -0.3 is 5.32 Å². The molecule has 0 aliphatic carbocycles. The van der Waals surface area contributed by atoms with Crippen molar-refractivity contribution in [2.45, 2.75) is 6.42 Å². The number of hydrogen-bond acceptors (Lipinski definition) is 1. The van der Waals surface area contributed by atoms with Crippen molar-refractivity contribution in [3.8, 4) is 0 Å². The molecule has 1 rings (SSSR count). The molecule has 14 heavy (non-hydrogen) atoms. The van der Waals surface area contributed by atoms with Crippen molar-refractivity contribution in [2.24, 2.45) is 0 Å². The van der Waals surface area contributed by atoms with Gasteiger partial charge in [0.05, 0.1) is 0 Å². The van der Waals surface area contributed by atoms with E-state index in [1.165, 1.54) is 0 Å². The lowest BCUT2D eigenvalue weighted by atomic mass is 10.3. The van der Waals surface area contributed by atoms with Gasteiger partial charge in [-0.25, -0.2) is 0 Å². The van der Waals surface area contributed by atoms with Gasteiger partial charge >= 0.3 is 0 Å². The van der Waals surface area contributed by atoms with Crippen LogP contribution in [0.15, 0.2) is 27.1 Å². The maximum Gasteiger partial charge on any atom is 0.225 e. The summed E-state index contributed by atoms with van der Waals surface area (Å²) in [5.74, 6) is 0.256. The van der Waals surface area contributed by atoms with E-state index in [9.17, 15) is 4.79 Å². The number of alkyl halides is 1. The zero-order chi connectivity index (χ0) is 10.6. The molecule has 1 N–H and O–H groups in total. The fourth-order valence-corrected chi connectivity index (χ4v) is 2.40. The standard InChI is InChI=1S/C9H8Br2ClNO/c10-6-3-7(11)5-8(4-6)13-9(14)1-2-12/h3-5H,1-2H2,(H,13,14). The molecule has 2 nitrogen and oxygen atoms in total. The highest BCUT2D eigenvalue weighted by molar-refractivity contribution is 9.11. The maximum atomic E-state index is 11.2. The molecule has 0 bridgehead atoms. The first-order valence-electron chi connectivity index (χ1n) is 3.93. The smallest absolute Gasteiger partial charge is 0.225 e. The quantitative estimate of drug-likeness (QED) is 0.833.